The van der Waals surface area contributed by atoms with E-state index < -0.39 is 11.5 Å². The summed E-state index contributed by atoms with van der Waals surface area (Å²) in [5.74, 6) is -1.05. The Kier molecular flexibility index (Phi) is 3.81. The van der Waals surface area contributed by atoms with Crippen molar-refractivity contribution >= 4 is 17.4 Å². The normalized spacial score (nSPS) is 10.8. The van der Waals surface area contributed by atoms with Gasteiger partial charge in [-0.05, 0) is 6.92 Å². The molecule has 2 heterocycles. The van der Waals surface area contributed by atoms with Crippen molar-refractivity contribution in [1.82, 2.24) is 8.97 Å². The zero-order valence-electron chi connectivity index (χ0n) is 13.6. The summed E-state index contributed by atoms with van der Waals surface area (Å²) in [6.45, 7) is 1.82. The van der Waals surface area contributed by atoms with Crippen LogP contribution in [0.25, 0.3) is 5.65 Å². The first-order valence-corrected chi connectivity index (χ1v) is 7.35. The first-order chi connectivity index (χ1) is 11.5. The van der Waals surface area contributed by atoms with Gasteiger partial charge >= 0.3 is 5.97 Å². The highest BCUT2D eigenvalue weighted by atomic mass is 16.5. The number of hydrogen-bond donors (Lipinski definition) is 0. The number of pyridine rings is 1. The first kappa shape index (κ1) is 15.7. The van der Waals surface area contributed by atoms with E-state index in [1.807, 2.05) is 6.92 Å². The van der Waals surface area contributed by atoms with Crippen molar-refractivity contribution in [2.24, 2.45) is 7.05 Å². The van der Waals surface area contributed by atoms with E-state index in [4.69, 9.17) is 4.74 Å². The second kappa shape index (κ2) is 5.81. The van der Waals surface area contributed by atoms with Gasteiger partial charge in [0, 0.05) is 30.6 Å². The van der Waals surface area contributed by atoms with Crippen LogP contribution >= 0.6 is 0 Å². The van der Waals surface area contributed by atoms with Crippen LogP contribution in [0.1, 0.15) is 32.0 Å². The SMILES string of the molecule is COC(=O)c1cc(=O)n2cc(C)n(C)c2c1C(=O)c1ccccc1. The van der Waals surface area contributed by atoms with Crippen LogP contribution in [0.5, 0.6) is 0 Å². The highest BCUT2D eigenvalue weighted by Crippen LogP contribution is 2.21. The molecule has 122 valence electrons. The van der Waals surface area contributed by atoms with E-state index in [0.717, 1.165) is 11.8 Å². The first-order valence-electron chi connectivity index (χ1n) is 7.35. The number of nitrogens with zero attached hydrogens (tertiary/aromatic N) is 2. The van der Waals surface area contributed by atoms with Crippen molar-refractivity contribution in [1.29, 1.82) is 0 Å². The fourth-order valence-corrected chi connectivity index (χ4v) is 2.73. The van der Waals surface area contributed by atoms with Gasteiger partial charge in [0.25, 0.3) is 5.56 Å². The van der Waals surface area contributed by atoms with Crippen molar-refractivity contribution in [2.75, 3.05) is 7.11 Å². The van der Waals surface area contributed by atoms with Crippen LogP contribution in [-0.2, 0) is 11.8 Å². The molecule has 0 amide bonds. The number of ketones is 1. The zero-order chi connectivity index (χ0) is 17.4. The monoisotopic (exact) mass is 324 g/mol. The molecule has 0 bridgehead atoms. The summed E-state index contributed by atoms with van der Waals surface area (Å²) >= 11 is 0. The molecule has 6 heteroatoms. The van der Waals surface area contributed by atoms with Crippen LogP contribution in [0.3, 0.4) is 0 Å². The molecule has 6 nitrogen and oxygen atoms in total. The van der Waals surface area contributed by atoms with Gasteiger partial charge in [0.05, 0.1) is 18.2 Å². The lowest BCUT2D eigenvalue weighted by molar-refractivity contribution is 0.0597. The van der Waals surface area contributed by atoms with E-state index in [0.29, 0.717) is 11.2 Å². The minimum atomic E-state index is -0.715. The van der Waals surface area contributed by atoms with Gasteiger partial charge in [0.1, 0.15) is 5.65 Å². The number of imidazole rings is 1. The molecule has 0 aliphatic carbocycles. The van der Waals surface area contributed by atoms with Gasteiger partial charge in [0.15, 0.2) is 5.78 Å². The Bertz CT molecular complexity index is 1010. The molecule has 0 N–H and O–H groups in total. The number of fused-ring (bicyclic) bond motifs is 1. The summed E-state index contributed by atoms with van der Waals surface area (Å²) in [6.07, 6.45) is 1.64. The Hall–Kier alpha value is -3.15. The number of rotatable bonds is 3. The second-order valence-electron chi connectivity index (χ2n) is 5.48. The van der Waals surface area contributed by atoms with Crippen LogP contribution in [0.2, 0.25) is 0 Å². The molecule has 1 aromatic carbocycles. The van der Waals surface area contributed by atoms with Crippen molar-refractivity contribution in [3.05, 3.63) is 75.3 Å². The minimum absolute atomic E-state index is 0.0300. The van der Waals surface area contributed by atoms with Gasteiger partial charge < -0.3 is 9.30 Å². The Labute approximate surface area is 137 Å². The number of hydrogen-bond acceptors (Lipinski definition) is 4. The van der Waals surface area contributed by atoms with Gasteiger partial charge in [-0.15, -0.1) is 0 Å². The number of ether oxygens (including phenoxy) is 1. The van der Waals surface area contributed by atoms with E-state index in [2.05, 4.69) is 0 Å². The maximum absolute atomic E-state index is 13.0. The Morgan fingerprint density at radius 1 is 1.12 bits per heavy atom. The van der Waals surface area contributed by atoms with Crippen LogP contribution < -0.4 is 5.56 Å². The number of aryl methyl sites for hydroxylation is 2. The number of aromatic nitrogens is 2. The number of benzene rings is 1. The maximum atomic E-state index is 13.0. The third-order valence-electron chi connectivity index (χ3n) is 4.06. The molecule has 0 aliphatic rings. The van der Waals surface area contributed by atoms with Gasteiger partial charge in [0.2, 0.25) is 0 Å². The second-order valence-corrected chi connectivity index (χ2v) is 5.48. The Morgan fingerprint density at radius 3 is 2.42 bits per heavy atom. The van der Waals surface area contributed by atoms with E-state index in [1.54, 1.807) is 48.1 Å². The quantitative estimate of drug-likeness (QED) is 0.545. The van der Waals surface area contributed by atoms with E-state index >= 15 is 0 Å². The molecule has 0 fully saturated rings. The van der Waals surface area contributed by atoms with Crippen molar-refractivity contribution < 1.29 is 14.3 Å². The highest BCUT2D eigenvalue weighted by Gasteiger charge is 2.25. The summed E-state index contributed by atoms with van der Waals surface area (Å²) in [4.78, 5) is 37.5. The highest BCUT2D eigenvalue weighted by molar-refractivity contribution is 6.17. The van der Waals surface area contributed by atoms with Gasteiger partial charge in [-0.2, -0.15) is 0 Å². The number of esters is 1. The summed E-state index contributed by atoms with van der Waals surface area (Å²) < 4.78 is 7.85. The zero-order valence-corrected chi connectivity index (χ0v) is 13.6. The third kappa shape index (κ3) is 2.32. The minimum Gasteiger partial charge on any atom is -0.465 e. The fourth-order valence-electron chi connectivity index (χ4n) is 2.73. The molecule has 0 saturated carbocycles. The van der Waals surface area contributed by atoms with Crippen molar-refractivity contribution in [3.63, 3.8) is 0 Å². The van der Waals surface area contributed by atoms with Crippen LogP contribution in [0.15, 0.2) is 47.4 Å². The molecule has 0 aliphatic heterocycles. The maximum Gasteiger partial charge on any atom is 0.338 e. The molecule has 3 aromatic rings. The van der Waals surface area contributed by atoms with Gasteiger partial charge in [-0.25, -0.2) is 4.79 Å². The lowest BCUT2D eigenvalue weighted by Crippen LogP contribution is -2.22. The topological polar surface area (TPSA) is 69.8 Å². The van der Waals surface area contributed by atoms with E-state index in [1.165, 1.54) is 11.5 Å². The predicted molar refractivity (Wildman–Crippen MR) is 88.6 cm³/mol. The largest absolute Gasteiger partial charge is 0.465 e. The van der Waals surface area contributed by atoms with Crippen molar-refractivity contribution in [2.45, 2.75) is 6.92 Å². The number of carbonyl (C=O) groups excluding carboxylic acids is 2. The molecule has 3 rings (SSSR count). The molecule has 24 heavy (non-hydrogen) atoms. The Balaban J connectivity index is 2.43. The lowest BCUT2D eigenvalue weighted by Gasteiger charge is -2.11. The van der Waals surface area contributed by atoms with Crippen LogP contribution in [0.4, 0.5) is 0 Å². The number of methoxy groups -OCH3 is 1. The molecule has 0 spiro atoms. The lowest BCUT2D eigenvalue weighted by atomic mass is 9.99. The molecular weight excluding hydrogens is 308 g/mol. The summed E-state index contributed by atoms with van der Waals surface area (Å²) in [6, 6.07) is 9.77. The molecule has 0 atom stereocenters. The standard InChI is InChI=1S/C18H16N2O4/c1-11-10-20-14(21)9-13(18(23)24-3)15(17(20)19(11)2)16(22)12-7-5-4-6-8-12/h4-10H,1-3H3. The smallest absolute Gasteiger partial charge is 0.338 e. The van der Waals surface area contributed by atoms with E-state index in [-0.39, 0.29) is 16.9 Å². The fraction of sp³-hybridized carbons (Fsp3) is 0.167. The van der Waals surface area contributed by atoms with Gasteiger partial charge in [-0.1, -0.05) is 30.3 Å². The average molecular weight is 324 g/mol. The summed E-state index contributed by atoms with van der Waals surface area (Å²) in [7, 11) is 2.96. The molecule has 0 saturated heterocycles. The third-order valence-corrected chi connectivity index (χ3v) is 4.06. The van der Waals surface area contributed by atoms with E-state index in [9.17, 15) is 14.4 Å². The molecule has 0 radical (unpaired) electrons. The van der Waals surface area contributed by atoms with Crippen LogP contribution in [0, 0.1) is 6.92 Å². The number of carbonyl (C=O) groups is 2. The van der Waals surface area contributed by atoms with Gasteiger partial charge in [-0.3, -0.25) is 14.0 Å². The van der Waals surface area contributed by atoms with Crippen molar-refractivity contribution in [3.8, 4) is 0 Å². The summed E-state index contributed by atoms with van der Waals surface area (Å²) in [5, 5.41) is 0. The van der Waals surface area contributed by atoms with Crippen LogP contribution in [-0.4, -0.2) is 27.8 Å². The average Bonchev–Trinajstić information content (AvgIpc) is 2.90. The Morgan fingerprint density at radius 2 is 1.79 bits per heavy atom. The molecule has 0 unspecified atom stereocenters. The molecular formula is C18H16N2O4. The molecule has 2 aromatic heterocycles. The predicted octanol–water partition coefficient (Wildman–Crippen LogP) is 1.96. The summed E-state index contributed by atoms with van der Waals surface area (Å²) in [5.41, 5.74) is 1.33.